The Morgan fingerprint density at radius 2 is 1.89 bits per heavy atom. The standard InChI is InChI=1S/C24H26FN6O5P/c1-16(12-31-14-30-21-22(26)28-13-29-23(21)31)35-15-37(33)36-20-5-3-2-4-19(20)34-11-10-27-24(32)17-6-8-18(25)9-7-17/h2-9,13-14,16,37H,10-12,15H2,1H3,(H,27,32)(H2,26,28,29). The van der Waals surface area contributed by atoms with E-state index in [4.69, 9.17) is 19.7 Å². The van der Waals surface area contributed by atoms with Gasteiger partial charge < -0.3 is 29.6 Å². The van der Waals surface area contributed by atoms with Gasteiger partial charge in [-0.25, -0.2) is 19.3 Å². The number of para-hydroxylation sites is 2. The molecule has 194 valence electrons. The summed E-state index contributed by atoms with van der Waals surface area (Å²) in [5.41, 5.74) is 7.26. The smallest absolute Gasteiger partial charge is 0.261 e. The summed E-state index contributed by atoms with van der Waals surface area (Å²) < 4.78 is 44.4. The molecule has 37 heavy (non-hydrogen) atoms. The van der Waals surface area contributed by atoms with E-state index in [0.717, 1.165) is 0 Å². The second kappa shape index (κ2) is 12.3. The lowest BCUT2D eigenvalue weighted by atomic mass is 10.2. The van der Waals surface area contributed by atoms with Crippen molar-refractivity contribution in [3.63, 3.8) is 0 Å². The van der Waals surface area contributed by atoms with Gasteiger partial charge in [0.2, 0.25) is 0 Å². The third kappa shape index (κ3) is 7.02. The number of ether oxygens (including phenoxy) is 2. The van der Waals surface area contributed by atoms with Gasteiger partial charge in [0.05, 0.1) is 25.5 Å². The van der Waals surface area contributed by atoms with Crippen LogP contribution in [0, 0.1) is 5.82 Å². The molecule has 0 aliphatic carbocycles. The minimum atomic E-state index is -2.59. The summed E-state index contributed by atoms with van der Waals surface area (Å²) in [6.45, 7) is 2.61. The van der Waals surface area contributed by atoms with Crippen LogP contribution in [0.5, 0.6) is 11.5 Å². The van der Waals surface area contributed by atoms with Crippen LogP contribution < -0.4 is 20.3 Å². The van der Waals surface area contributed by atoms with Crippen LogP contribution in [0.15, 0.2) is 61.2 Å². The number of fused-ring (bicyclic) bond motifs is 1. The Morgan fingerprint density at radius 1 is 1.14 bits per heavy atom. The summed E-state index contributed by atoms with van der Waals surface area (Å²) in [4.78, 5) is 24.4. The molecule has 2 atom stereocenters. The van der Waals surface area contributed by atoms with Crippen LogP contribution in [-0.2, 0) is 15.8 Å². The maximum absolute atomic E-state index is 13.0. The van der Waals surface area contributed by atoms with Gasteiger partial charge in [0.25, 0.3) is 13.9 Å². The highest BCUT2D eigenvalue weighted by atomic mass is 31.1. The number of anilines is 1. The molecule has 11 nitrogen and oxygen atoms in total. The number of nitrogens with two attached hydrogens (primary N) is 1. The molecule has 13 heteroatoms. The normalized spacial score (nSPS) is 12.7. The molecule has 0 saturated heterocycles. The third-order valence-corrected chi connectivity index (χ3v) is 6.04. The predicted molar refractivity (Wildman–Crippen MR) is 135 cm³/mol. The zero-order chi connectivity index (χ0) is 26.2. The van der Waals surface area contributed by atoms with Gasteiger partial charge in [-0.15, -0.1) is 0 Å². The van der Waals surface area contributed by atoms with Gasteiger partial charge in [-0.2, -0.15) is 0 Å². The SMILES string of the molecule is CC(Cn1cnc2c(N)ncnc21)OC[PH](=O)Oc1ccccc1OCCNC(=O)c1ccc(F)cc1. The summed E-state index contributed by atoms with van der Waals surface area (Å²) in [5.74, 6) is 0.228. The average Bonchev–Trinajstić information content (AvgIpc) is 3.30. The first-order valence-corrected chi connectivity index (χ1v) is 12.9. The van der Waals surface area contributed by atoms with Gasteiger partial charge >= 0.3 is 0 Å². The fourth-order valence-electron chi connectivity index (χ4n) is 3.41. The monoisotopic (exact) mass is 528 g/mol. The van der Waals surface area contributed by atoms with E-state index in [2.05, 4.69) is 20.3 Å². The number of nitrogens with one attached hydrogen (secondary N) is 1. The second-order valence-electron chi connectivity index (χ2n) is 7.98. The van der Waals surface area contributed by atoms with E-state index in [-0.39, 0.29) is 31.5 Å². The van der Waals surface area contributed by atoms with Crippen LogP contribution in [0.1, 0.15) is 17.3 Å². The number of carbonyl (C=O) groups is 1. The summed E-state index contributed by atoms with van der Waals surface area (Å²) in [5, 5.41) is 2.69. The van der Waals surface area contributed by atoms with Crippen molar-refractivity contribution in [2.75, 3.05) is 25.2 Å². The van der Waals surface area contributed by atoms with E-state index in [0.29, 0.717) is 40.6 Å². The molecule has 0 saturated carbocycles. The third-order valence-electron chi connectivity index (χ3n) is 5.19. The second-order valence-corrected chi connectivity index (χ2v) is 9.22. The number of hydrogen-bond acceptors (Lipinski definition) is 9. The molecular formula is C24H26FN6O5P. The fraction of sp³-hybridized carbons (Fsp3) is 0.250. The molecule has 4 rings (SSSR count). The summed E-state index contributed by atoms with van der Waals surface area (Å²) >= 11 is 0. The Morgan fingerprint density at radius 3 is 2.68 bits per heavy atom. The molecule has 0 fully saturated rings. The highest BCUT2D eigenvalue weighted by Gasteiger charge is 2.14. The minimum absolute atomic E-state index is 0.0996. The van der Waals surface area contributed by atoms with Crippen LogP contribution in [0.25, 0.3) is 11.2 Å². The van der Waals surface area contributed by atoms with Crippen molar-refractivity contribution < 1.29 is 27.7 Å². The molecule has 3 N–H and O–H groups in total. The molecule has 2 aromatic carbocycles. The minimum Gasteiger partial charge on any atom is -0.488 e. The van der Waals surface area contributed by atoms with Crippen molar-refractivity contribution in [1.29, 1.82) is 0 Å². The number of carbonyl (C=O) groups excluding carboxylic acids is 1. The van der Waals surface area contributed by atoms with Crippen LogP contribution in [0.3, 0.4) is 0 Å². The number of hydrogen-bond donors (Lipinski definition) is 2. The number of aromatic nitrogens is 4. The summed E-state index contributed by atoms with van der Waals surface area (Å²) in [6.07, 6.45) is 2.57. The van der Waals surface area contributed by atoms with Gasteiger partial charge in [-0.1, -0.05) is 12.1 Å². The van der Waals surface area contributed by atoms with E-state index < -0.39 is 13.8 Å². The van der Waals surface area contributed by atoms with E-state index >= 15 is 0 Å². The quantitative estimate of drug-likeness (QED) is 0.209. The number of rotatable bonds is 12. The first kappa shape index (κ1) is 26.1. The van der Waals surface area contributed by atoms with Crippen LogP contribution >= 0.6 is 8.03 Å². The van der Waals surface area contributed by atoms with E-state index in [9.17, 15) is 13.8 Å². The number of nitrogen functional groups attached to an aromatic ring is 1. The molecule has 2 aromatic heterocycles. The maximum atomic E-state index is 13.0. The van der Waals surface area contributed by atoms with Crippen LogP contribution in [-0.4, -0.2) is 51.0 Å². The largest absolute Gasteiger partial charge is 0.488 e. The Bertz CT molecular complexity index is 1380. The van der Waals surface area contributed by atoms with Gasteiger partial charge in [-0.05, 0) is 43.3 Å². The van der Waals surface area contributed by atoms with Crippen LogP contribution in [0.4, 0.5) is 10.2 Å². The Labute approximate surface area is 212 Å². The Balaban J connectivity index is 1.23. The van der Waals surface area contributed by atoms with Crippen molar-refractivity contribution in [2.45, 2.75) is 19.6 Å². The van der Waals surface area contributed by atoms with Gasteiger partial charge in [0.1, 0.15) is 30.6 Å². The van der Waals surface area contributed by atoms with Crippen LogP contribution in [0.2, 0.25) is 0 Å². The van der Waals surface area contributed by atoms with Crippen molar-refractivity contribution in [3.05, 3.63) is 72.6 Å². The van der Waals surface area contributed by atoms with E-state index in [1.807, 2.05) is 6.92 Å². The number of imidazole rings is 1. The predicted octanol–water partition coefficient (Wildman–Crippen LogP) is 3.27. The van der Waals surface area contributed by atoms with Gasteiger partial charge in [-0.3, -0.25) is 9.36 Å². The van der Waals surface area contributed by atoms with Crippen molar-refractivity contribution in [2.24, 2.45) is 0 Å². The Kier molecular flexibility index (Phi) is 8.65. The zero-order valence-electron chi connectivity index (χ0n) is 20.0. The summed E-state index contributed by atoms with van der Waals surface area (Å²) in [7, 11) is -2.59. The molecule has 2 unspecified atom stereocenters. The Hall–Kier alpha value is -4.02. The van der Waals surface area contributed by atoms with E-state index in [1.165, 1.54) is 30.6 Å². The lowest BCUT2D eigenvalue weighted by Gasteiger charge is -2.16. The average molecular weight is 528 g/mol. The maximum Gasteiger partial charge on any atom is 0.261 e. The molecule has 0 aliphatic rings. The number of benzene rings is 2. The fourth-order valence-corrected chi connectivity index (χ4v) is 4.30. The molecular weight excluding hydrogens is 502 g/mol. The highest BCUT2D eigenvalue weighted by Crippen LogP contribution is 2.34. The first-order valence-electron chi connectivity index (χ1n) is 11.4. The molecule has 0 radical (unpaired) electrons. The molecule has 2 heterocycles. The van der Waals surface area contributed by atoms with E-state index in [1.54, 1.807) is 35.2 Å². The zero-order valence-corrected chi connectivity index (χ0v) is 21.0. The van der Waals surface area contributed by atoms with Crippen molar-refractivity contribution >= 4 is 30.9 Å². The molecule has 0 bridgehead atoms. The van der Waals surface area contributed by atoms with Crippen molar-refractivity contribution in [3.8, 4) is 11.5 Å². The molecule has 4 aromatic rings. The summed E-state index contributed by atoms with van der Waals surface area (Å²) in [6, 6.07) is 12.0. The number of halogens is 1. The molecule has 0 spiro atoms. The molecule has 0 aliphatic heterocycles. The number of amides is 1. The molecule has 1 amide bonds. The van der Waals surface area contributed by atoms with Gasteiger partial charge in [0, 0.05) is 5.56 Å². The van der Waals surface area contributed by atoms with Gasteiger partial charge in [0.15, 0.2) is 23.0 Å². The lowest BCUT2D eigenvalue weighted by molar-refractivity contribution is 0.0851. The topological polar surface area (TPSA) is 143 Å². The van der Waals surface area contributed by atoms with Crippen molar-refractivity contribution in [1.82, 2.24) is 24.8 Å². The lowest BCUT2D eigenvalue weighted by Crippen LogP contribution is -2.28. The first-order chi connectivity index (χ1) is 17.9. The number of nitrogens with zero attached hydrogens (tertiary/aromatic N) is 4. The highest BCUT2D eigenvalue weighted by molar-refractivity contribution is 7.39.